The van der Waals surface area contributed by atoms with Crippen molar-refractivity contribution in [3.63, 3.8) is 0 Å². The van der Waals surface area contributed by atoms with Crippen LogP contribution in [0.25, 0.3) is 11.1 Å². The molecule has 3 fully saturated rings. The highest BCUT2D eigenvalue weighted by Crippen LogP contribution is 2.55. The van der Waals surface area contributed by atoms with Crippen molar-refractivity contribution in [1.82, 2.24) is 44.6 Å². The zero-order valence-electron chi connectivity index (χ0n) is 37.8. The number of hydrogen-bond acceptors (Lipinski definition) is 11. The molecule has 1 saturated carbocycles. The Kier molecular flexibility index (Phi) is 11.8. The maximum atomic E-state index is 15.6. The Hall–Kier alpha value is -6.05. The van der Waals surface area contributed by atoms with Gasteiger partial charge >= 0.3 is 0 Å². The molecule has 2 amide bonds. The van der Waals surface area contributed by atoms with Crippen molar-refractivity contribution >= 4 is 40.9 Å². The van der Waals surface area contributed by atoms with E-state index in [-0.39, 0.29) is 35.8 Å². The molecule has 2 saturated heterocycles. The maximum Gasteiger partial charge on any atom is 0.254 e. The summed E-state index contributed by atoms with van der Waals surface area (Å²) >= 11 is 6.27. The van der Waals surface area contributed by atoms with Crippen LogP contribution in [0.3, 0.4) is 0 Å². The fourth-order valence-electron chi connectivity index (χ4n) is 10.9. The van der Waals surface area contributed by atoms with Crippen LogP contribution >= 0.6 is 11.6 Å². The Morgan fingerprint density at radius 3 is 2.40 bits per heavy atom. The Balaban J connectivity index is 0.781. The minimum Gasteiger partial charge on any atom is -0.489 e. The standard InChI is InChI=1S/C48H56ClFN12O3/c1-29(63)61-18-14-41-37(28-61)42(55-40-10-8-31(19-39(40)50)34-24-54-58(6)26-34)57-62(41)35-13-15-59(27-35)25-30-11-16-60(17-12-30)46-52-22-33(23-53-46)43(64)56-44-47(2,3)45(48(44,4)5)65-36-9-7-32(21-51)38(49)20-36/h7-10,19-20,22-24,26,30,35,44-45H,11-18,25,27-28H2,1-6H3,(H,55,57)(H,56,64). The van der Waals surface area contributed by atoms with E-state index in [2.05, 4.69) is 73.9 Å². The molecule has 1 atom stereocenters. The smallest absolute Gasteiger partial charge is 0.254 e. The molecular weight excluding hydrogens is 847 g/mol. The number of nitrogens with one attached hydrogen (secondary N) is 2. The fourth-order valence-corrected chi connectivity index (χ4v) is 11.1. The monoisotopic (exact) mass is 902 g/mol. The highest BCUT2D eigenvalue weighted by Gasteiger charge is 2.64. The molecule has 4 aliphatic rings. The molecule has 340 valence electrons. The van der Waals surface area contributed by atoms with Crippen molar-refractivity contribution < 1.29 is 18.7 Å². The third-order valence-corrected chi connectivity index (χ3v) is 14.4. The first-order valence-corrected chi connectivity index (χ1v) is 22.8. The number of ether oxygens (including phenoxy) is 1. The van der Waals surface area contributed by atoms with Crippen molar-refractivity contribution in [3.8, 4) is 22.9 Å². The Morgan fingerprint density at radius 1 is 0.985 bits per heavy atom. The van der Waals surface area contributed by atoms with Gasteiger partial charge in [0.25, 0.3) is 5.91 Å². The highest BCUT2D eigenvalue weighted by molar-refractivity contribution is 6.31. The van der Waals surface area contributed by atoms with Crippen molar-refractivity contribution in [2.45, 2.75) is 85.0 Å². The number of hydrogen-bond donors (Lipinski definition) is 2. The third-order valence-electron chi connectivity index (χ3n) is 14.1. The van der Waals surface area contributed by atoms with Gasteiger partial charge in [-0.15, -0.1) is 0 Å². The van der Waals surface area contributed by atoms with Gasteiger partial charge in [-0.05, 0) is 55.0 Å². The summed E-state index contributed by atoms with van der Waals surface area (Å²) in [5.41, 5.74) is 3.99. The van der Waals surface area contributed by atoms with Crippen LogP contribution in [0.4, 0.5) is 21.8 Å². The summed E-state index contributed by atoms with van der Waals surface area (Å²) in [6, 6.07) is 12.3. The lowest BCUT2D eigenvalue weighted by molar-refractivity contribution is -0.164. The molecule has 1 unspecified atom stereocenters. The molecular formula is C48H56ClFN12O3. The number of fused-ring (bicyclic) bond motifs is 1. The molecule has 15 nitrogen and oxygen atoms in total. The first-order valence-electron chi connectivity index (χ1n) is 22.5. The quantitative estimate of drug-likeness (QED) is 0.138. The summed E-state index contributed by atoms with van der Waals surface area (Å²) in [7, 11) is 1.83. The number of anilines is 3. The van der Waals surface area contributed by atoms with Crippen molar-refractivity contribution in [1.29, 1.82) is 5.26 Å². The van der Waals surface area contributed by atoms with Crippen LogP contribution in [0.5, 0.6) is 5.75 Å². The molecule has 6 heterocycles. The van der Waals surface area contributed by atoms with E-state index in [0.717, 1.165) is 74.4 Å². The number of aryl methyl sites for hydroxylation is 1. The van der Waals surface area contributed by atoms with E-state index in [4.69, 9.17) is 21.4 Å². The second kappa shape index (κ2) is 17.4. The van der Waals surface area contributed by atoms with Gasteiger partial charge in [0.1, 0.15) is 23.7 Å². The Morgan fingerprint density at radius 2 is 1.74 bits per heavy atom. The lowest BCUT2D eigenvalue weighted by Crippen LogP contribution is -2.74. The Labute approximate surface area is 383 Å². The van der Waals surface area contributed by atoms with Crippen LogP contribution in [0.1, 0.15) is 87.1 Å². The highest BCUT2D eigenvalue weighted by atomic mass is 35.5. The number of nitrogens with zero attached hydrogens (tertiary/aromatic N) is 10. The summed E-state index contributed by atoms with van der Waals surface area (Å²) in [5.74, 6) is 1.73. The molecule has 0 radical (unpaired) electrons. The SMILES string of the molecule is CC(=O)N1CCc2c(c(Nc3ccc(-c4cnn(C)c4)cc3F)nn2C2CCN(CC3CCN(c4ncc(C(=O)NC5C(C)(C)C(Oc6ccc(C#N)c(Cl)c6)C5(C)C)cn4)CC3)C2)C1. The summed E-state index contributed by atoms with van der Waals surface area (Å²) < 4.78 is 25.8. The lowest BCUT2D eigenvalue weighted by atomic mass is 9.49. The predicted octanol–water partition coefficient (Wildman–Crippen LogP) is 7.16. The number of nitriles is 1. The number of carbonyl (C=O) groups excluding carboxylic acids is 2. The molecule has 3 aliphatic heterocycles. The summed E-state index contributed by atoms with van der Waals surface area (Å²) in [6.07, 6.45) is 10.3. The molecule has 3 aromatic heterocycles. The van der Waals surface area contributed by atoms with E-state index in [0.29, 0.717) is 64.8 Å². The largest absolute Gasteiger partial charge is 0.489 e. The third kappa shape index (κ3) is 8.63. The number of benzene rings is 2. The molecule has 1 aliphatic carbocycles. The second-order valence-corrected chi connectivity index (χ2v) is 19.7. The Bertz CT molecular complexity index is 2630. The topological polar surface area (TPSA) is 162 Å². The lowest BCUT2D eigenvalue weighted by Gasteiger charge is -2.63. The van der Waals surface area contributed by atoms with Crippen molar-refractivity contribution in [2.24, 2.45) is 23.8 Å². The van der Waals surface area contributed by atoms with Crippen LogP contribution in [0.15, 0.2) is 61.2 Å². The molecule has 0 spiro atoms. The number of likely N-dealkylation sites (tertiary alicyclic amines) is 1. The number of carbonyl (C=O) groups is 2. The number of aromatic nitrogens is 6. The molecule has 5 aromatic rings. The average Bonchev–Trinajstić information content (AvgIpc) is 4.04. The van der Waals surface area contributed by atoms with Gasteiger partial charge in [-0.3, -0.25) is 19.0 Å². The van der Waals surface area contributed by atoms with E-state index >= 15 is 4.39 Å². The van der Waals surface area contributed by atoms with Gasteiger partial charge in [-0.1, -0.05) is 45.4 Å². The van der Waals surface area contributed by atoms with E-state index in [1.54, 1.807) is 54.5 Å². The number of rotatable bonds is 11. The zero-order chi connectivity index (χ0) is 45.8. The first-order chi connectivity index (χ1) is 31.1. The summed E-state index contributed by atoms with van der Waals surface area (Å²) in [4.78, 5) is 41.8. The number of halogens is 2. The molecule has 17 heteroatoms. The normalized spacial score (nSPS) is 21.6. The van der Waals surface area contributed by atoms with Gasteiger partial charge in [0.05, 0.1) is 40.6 Å². The van der Waals surface area contributed by atoms with Gasteiger partial charge < -0.3 is 30.1 Å². The van der Waals surface area contributed by atoms with Crippen LogP contribution < -0.4 is 20.3 Å². The van der Waals surface area contributed by atoms with E-state index in [1.807, 2.05) is 24.2 Å². The van der Waals surface area contributed by atoms with Gasteiger partial charge in [0, 0.05) is 118 Å². The summed E-state index contributed by atoms with van der Waals surface area (Å²) in [5, 5.41) is 25.4. The van der Waals surface area contributed by atoms with Crippen LogP contribution in [0.2, 0.25) is 5.02 Å². The number of piperidine rings is 1. The van der Waals surface area contributed by atoms with Gasteiger partial charge in [-0.25, -0.2) is 14.4 Å². The average molecular weight is 904 g/mol. The van der Waals surface area contributed by atoms with Gasteiger partial charge in [0.2, 0.25) is 11.9 Å². The minimum absolute atomic E-state index is 0.0127. The van der Waals surface area contributed by atoms with Crippen LogP contribution in [-0.2, 0) is 24.8 Å². The minimum atomic E-state index is -0.391. The molecule has 2 N–H and O–H groups in total. The molecule has 9 rings (SSSR count). The van der Waals surface area contributed by atoms with E-state index in [9.17, 15) is 14.9 Å². The van der Waals surface area contributed by atoms with Gasteiger partial charge in [-0.2, -0.15) is 15.5 Å². The maximum absolute atomic E-state index is 15.6. The first kappa shape index (κ1) is 44.2. The summed E-state index contributed by atoms with van der Waals surface area (Å²) in [6.45, 7) is 15.4. The fraction of sp³-hybridized carbons (Fsp3) is 0.479. The van der Waals surface area contributed by atoms with Crippen LogP contribution in [-0.4, -0.2) is 103 Å². The van der Waals surface area contributed by atoms with E-state index in [1.165, 1.54) is 6.07 Å². The second-order valence-electron chi connectivity index (χ2n) is 19.3. The molecule has 65 heavy (non-hydrogen) atoms. The number of amides is 2. The zero-order valence-corrected chi connectivity index (χ0v) is 38.6. The van der Waals surface area contributed by atoms with Crippen molar-refractivity contribution in [2.75, 3.05) is 49.5 Å². The molecule has 2 aromatic carbocycles. The predicted molar refractivity (Wildman–Crippen MR) is 245 cm³/mol. The molecule has 0 bridgehead atoms. The van der Waals surface area contributed by atoms with Crippen LogP contribution in [0, 0.1) is 33.9 Å². The van der Waals surface area contributed by atoms with Crippen molar-refractivity contribution in [3.05, 3.63) is 94.4 Å². The van der Waals surface area contributed by atoms with Gasteiger partial charge in [0.15, 0.2) is 5.82 Å². The van der Waals surface area contributed by atoms with E-state index < -0.39 is 10.8 Å².